The lowest BCUT2D eigenvalue weighted by atomic mass is 9.55. The van der Waals surface area contributed by atoms with Crippen molar-refractivity contribution in [2.45, 2.75) is 71.4 Å². The average Bonchev–Trinajstić information content (AvgIpc) is 2.85. The number of ketones is 1. The molecule has 2 saturated carbocycles. The third kappa shape index (κ3) is 2.94. The lowest BCUT2D eigenvalue weighted by Crippen LogP contribution is -3.18. The van der Waals surface area contributed by atoms with Crippen molar-refractivity contribution >= 4 is 11.8 Å². The summed E-state index contributed by atoms with van der Waals surface area (Å²) < 4.78 is 5.90. The maximum atomic E-state index is 12.7. The van der Waals surface area contributed by atoms with Crippen LogP contribution in [0, 0.1) is 29.1 Å². The molecule has 2 aliphatic carbocycles. The van der Waals surface area contributed by atoms with Gasteiger partial charge in [-0.15, -0.1) is 0 Å². The Hall–Kier alpha value is -1.16. The number of hydrogen-bond donors (Lipinski definition) is 1. The van der Waals surface area contributed by atoms with Gasteiger partial charge in [0, 0.05) is 5.92 Å². The monoisotopic (exact) mass is 360 g/mol. The third-order valence-corrected chi connectivity index (χ3v) is 8.12. The van der Waals surface area contributed by atoms with Crippen LogP contribution in [0.25, 0.3) is 0 Å². The van der Waals surface area contributed by atoms with Crippen LogP contribution in [0.1, 0.15) is 59.3 Å². The van der Waals surface area contributed by atoms with E-state index in [4.69, 9.17) is 4.74 Å². The minimum Gasteiger partial charge on any atom is -0.462 e. The molecule has 0 spiro atoms. The lowest BCUT2D eigenvalue weighted by Gasteiger charge is -2.50. The first-order valence-corrected chi connectivity index (χ1v) is 10.5. The van der Waals surface area contributed by atoms with Crippen LogP contribution in [0.15, 0.2) is 12.2 Å². The maximum Gasteiger partial charge on any atom is 0.315 e. The number of rotatable bonds is 2. The van der Waals surface area contributed by atoms with Gasteiger partial charge >= 0.3 is 5.97 Å². The van der Waals surface area contributed by atoms with E-state index in [1.165, 1.54) is 23.3 Å². The van der Waals surface area contributed by atoms with Gasteiger partial charge in [0.15, 0.2) is 0 Å². The fraction of sp³-hybridized carbons (Fsp3) is 0.818. The molecule has 1 unspecified atom stereocenters. The first-order valence-electron chi connectivity index (χ1n) is 10.5. The highest BCUT2D eigenvalue weighted by Crippen LogP contribution is 2.56. The first-order chi connectivity index (χ1) is 12.3. The summed E-state index contributed by atoms with van der Waals surface area (Å²) in [6.07, 6.45) is 6.40. The van der Waals surface area contributed by atoms with E-state index in [-0.39, 0.29) is 29.3 Å². The predicted octanol–water partition coefficient (Wildman–Crippen LogP) is 2.18. The van der Waals surface area contributed by atoms with Gasteiger partial charge in [0.1, 0.15) is 17.8 Å². The molecule has 144 valence electrons. The number of carbonyl (C=O) groups is 2. The summed E-state index contributed by atoms with van der Waals surface area (Å²) in [7, 11) is 0. The summed E-state index contributed by atoms with van der Waals surface area (Å²) in [4.78, 5) is 26.1. The number of quaternary nitrogens is 1. The highest BCUT2D eigenvalue weighted by atomic mass is 16.6. The van der Waals surface area contributed by atoms with Crippen LogP contribution in [0.3, 0.4) is 0 Å². The topological polar surface area (TPSA) is 47.8 Å². The number of allylic oxidation sites excluding steroid dienone is 1. The summed E-state index contributed by atoms with van der Waals surface area (Å²) in [5.74, 6) is 1.38. The number of esters is 1. The summed E-state index contributed by atoms with van der Waals surface area (Å²) in [5, 5.41) is 0. The fourth-order valence-corrected chi connectivity index (χ4v) is 6.41. The van der Waals surface area contributed by atoms with E-state index in [0.29, 0.717) is 30.1 Å². The molecule has 4 aliphatic rings. The van der Waals surface area contributed by atoms with E-state index in [0.717, 1.165) is 32.4 Å². The molecule has 1 N–H and O–H groups in total. The van der Waals surface area contributed by atoms with Gasteiger partial charge in [0.25, 0.3) is 0 Å². The largest absolute Gasteiger partial charge is 0.462 e. The van der Waals surface area contributed by atoms with Gasteiger partial charge in [-0.05, 0) is 50.4 Å². The molecule has 0 amide bonds. The van der Waals surface area contributed by atoms with Crippen molar-refractivity contribution < 1.29 is 19.2 Å². The summed E-state index contributed by atoms with van der Waals surface area (Å²) in [5.41, 5.74) is 1.66. The zero-order chi connectivity index (χ0) is 18.6. The second-order valence-corrected chi connectivity index (χ2v) is 9.94. The summed E-state index contributed by atoms with van der Waals surface area (Å²) in [6.45, 7) is 12.6. The zero-order valence-corrected chi connectivity index (χ0v) is 16.6. The number of Topliss-reactive ketones (excluding diaryl/α,β-unsaturated/α-hetero) is 1. The van der Waals surface area contributed by atoms with Crippen LogP contribution in [-0.2, 0) is 14.3 Å². The van der Waals surface area contributed by atoms with Crippen LogP contribution in [0.4, 0.5) is 0 Å². The van der Waals surface area contributed by atoms with Gasteiger partial charge in [-0.2, -0.15) is 0 Å². The molecule has 0 aromatic rings. The second kappa shape index (κ2) is 6.47. The Labute approximate surface area is 157 Å². The number of piperidine rings is 1. The smallest absolute Gasteiger partial charge is 0.315 e. The summed E-state index contributed by atoms with van der Waals surface area (Å²) in [6, 6.07) is 0.309. The Morgan fingerprint density at radius 2 is 2.08 bits per heavy atom. The molecule has 4 heteroatoms. The van der Waals surface area contributed by atoms with E-state index in [2.05, 4.69) is 20.4 Å². The van der Waals surface area contributed by atoms with Crippen molar-refractivity contribution in [1.82, 2.24) is 0 Å². The quantitative estimate of drug-likeness (QED) is 0.607. The Bertz CT molecular complexity index is 629. The Balaban J connectivity index is 1.51. The molecular weight excluding hydrogens is 326 g/mol. The van der Waals surface area contributed by atoms with Gasteiger partial charge < -0.3 is 9.64 Å². The summed E-state index contributed by atoms with van der Waals surface area (Å²) >= 11 is 0. The molecule has 8 atom stereocenters. The molecule has 0 radical (unpaired) electrons. The number of carbonyl (C=O) groups excluding carboxylic acids is 2. The molecule has 2 aliphatic heterocycles. The standard InChI is InChI=1S/C22H33NO3/c1-13-6-5-7-22(4)10-20-16(9-18(13)22)17(21(25)26-20)12-23-11-14(2)19(24)8-15(23)3/h14-18,20H,1,5-12H2,2-4H3/p+1/t14-,15+,16-,17-,18+,20-,22-/m1/s1. The molecule has 26 heavy (non-hydrogen) atoms. The maximum absolute atomic E-state index is 12.7. The number of fused-ring (bicyclic) bond motifs is 2. The molecule has 0 aromatic heterocycles. The van der Waals surface area contributed by atoms with Crippen LogP contribution in [0.5, 0.6) is 0 Å². The zero-order valence-electron chi connectivity index (χ0n) is 16.6. The molecular formula is C22H34NO3+. The average molecular weight is 361 g/mol. The van der Waals surface area contributed by atoms with Gasteiger partial charge in [-0.3, -0.25) is 9.59 Å². The molecule has 4 rings (SSSR count). The van der Waals surface area contributed by atoms with Crippen LogP contribution >= 0.6 is 0 Å². The van der Waals surface area contributed by atoms with E-state index in [1.807, 2.05) is 6.92 Å². The van der Waals surface area contributed by atoms with Crippen LogP contribution in [-0.4, -0.2) is 37.0 Å². The van der Waals surface area contributed by atoms with Crippen molar-refractivity contribution in [2.75, 3.05) is 13.1 Å². The van der Waals surface area contributed by atoms with Crippen molar-refractivity contribution in [2.24, 2.45) is 29.1 Å². The van der Waals surface area contributed by atoms with Crippen molar-refractivity contribution in [1.29, 1.82) is 0 Å². The highest BCUT2D eigenvalue weighted by Gasteiger charge is 2.56. The molecule has 2 heterocycles. The van der Waals surface area contributed by atoms with Gasteiger partial charge in [0.05, 0.1) is 31.5 Å². The van der Waals surface area contributed by atoms with E-state index < -0.39 is 0 Å². The van der Waals surface area contributed by atoms with E-state index in [9.17, 15) is 9.59 Å². The van der Waals surface area contributed by atoms with Crippen molar-refractivity contribution in [3.8, 4) is 0 Å². The van der Waals surface area contributed by atoms with Crippen LogP contribution < -0.4 is 4.90 Å². The van der Waals surface area contributed by atoms with E-state index in [1.54, 1.807) is 0 Å². The SMILES string of the molecule is C=C1CCC[C@]2(C)C[C@H]3OC(=O)[C@H](C[NH+]4C[C@@H](C)C(=O)C[C@@H]4C)[C@H]3C[C@@H]12. The fourth-order valence-electron chi connectivity index (χ4n) is 6.41. The minimum absolute atomic E-state index is 0.00266. The number of hydrogen-bond acceptors (Lipinski definition) is 3. The van der Waals surface area contributed by atoms with Gasteiger partial charge in [-0.1, -0.05) is 26.0 Å². The molecule has 4 nitrogen and oxygen atoms in total. The van der Waals surface area contributed by atoms with Crippen molar-refractivity contribution in [3.63, 3.8) is 0 Å². The predicted molar refractivity (Wildman–Crippen MR) is 99.6 cm³/mol. The first kappa shape index (κ1) is 18.2. The van der Waals surface area contributed by atoms with Gasteiger partial charge in [-0.25, -0.2) is 0 Å². The Kier molecular flexibility index (Phi) is 4.53. The number of ether oxygens (including phenoxy) is 1. The van der Waals surface area contributed by atoms with Crippen molar-refractivity contribution in [3.05, 3.63) is 12.2 Å². The third-order valence-electron chi connectivity index (χ3n) is 8.12. The minimum atomic E-state index is -0.00266. The van der Waals surface area contributed by atoms with E-state index >= 15 is 0 Å². The number of nitrogens with one attached hydrogen (secondary N) is 1. The molecule has 0 bridgehead atoms. The Morgan fingerprint density at radius 3 is 2.85 bits per heavy atom. The highest BCUT2D eigenvalue weighted by molar-refractivity contribution is 5.81. The molecule has 2 saturated heterocycles. The molecule has 4 fully saturated rings. The molecule has 0 aromatic carbocycles. The normalized spacial score (nSPS) is 48.7. The van der Waals surface area contributed by atoms with Gasteiger partial charge in [0.2, 0.25) is 0 Å². The van der Waals surface area contributed by atoms with Crippen LogP contribution in [0.2, 0.25) is 0 Å². The number of likely N-dealkylation sites (tertiary alicyclic amines) is 1. The Morgan fingerprint density at radius 1 is 1.31 bits per heavy atom. The second-order valence-electron chi connectivity index (χ2n) is 9.94. The lowest BCUT2D eigenvalue weighted by molar-refractivity contribution is -0.930.